The first-order valence-corrected chi connectivity index (χ1v) is 16.8. The molecule has 0 radical (unpaired) electrons. The standard InChI is InChI=1S/C32H48NO6P/c1-5-9-22-38-40(35,39-23-10-6-2)24-16-15-21-32(31(34)33-25-30(36-7-3)37-8-4)28-19-13-11-17-26(28)27-18-12-14-20-29(27)32/h11-14,17-20,30H,5-10,15-16,21-25H2,1-4H3,(H,33,34). The lowest BCUT2D eigenvalue weighted by Gasteiger charge is -2.32. The van der Waals surface area contributed by atoms with E-state index in [-0.39, 0.29) is 12.5 Å². The van der Waals surface area contributed by atoms with Crippen LogP contribution < -0.4 is 5.32 Å². The number of benzene rings is 2. The number of nitrogens with one attached hydrogen (secondary N) is 1. The zero-order chi connectivity index (χ0) is 28.8. The number of rotatable bonds is 20. The molecule has 40 heavy (non-hydrogen) atoms. The molecule has 2 aromatic rings. The van der Waals surface area contributed by atoms with Gasteiger partial charge in [-0.1, -0.05) is 81.6 Å². The highest BCUT2D eigenvalue weighted by molar-refractivity contribution is 7.53. The molecule has 0 bridgehead atoms. The highest BCUT2D eigenvalue weighted by atomic mass is 31.2. The molecule has 0 fully saturated rings. The Hall–Kier alpha value is -2.02. The normalized spacial score (nSPS) is 13.8. The minimum absolute atomic E-state index is 0.0733. The van der Waals surface area contributed by atoms with Crippen LogP contribution in [-0.2, 0) is 33.3 Å². The quantitative estimate of drug-likeness (QED) is 0.101. The summed E-state index contributed by atoms with van der Waals surface area (Å²) >= 11 is 0. The van der Waals surface area contributed by atoms with Gasteiger partial charge in [-0.05, 0) is 61.8 Å². The predicted octanol–water partition coefficient (Wildman–Crippen LogP) is 7.47. The van der Waals surface area contributed by atoms with Gasteiger partial charge in [0.15, 0.2) is 6.29 Å². The zero-order valence-electron chi connectivity index (χ0n) is 24.8. The second kappa shape index (κ2) is 16.4. The van der Waals surface area contributed by atoms with Crippen LogP contribution in [0.25, 0.3) is 11.1 Å². The van der Waals surface area contributed by atoms with Gasteiger partial charge in [-0.25, -0.2) is 0 Å². The van der Waals surface area contributed by atoms with Crippen molar-refractivity contribution in [2.45, 2.75) is 84.3 Å². The molecule has 7 nitrogen and oxygen atoms in total. The molecule has 0 aliphatic heterocycles. The summed E-state index contributed by atoms with van der Waals surface area (Å²) in [7, 11) is -3.19. The third kappa shape index (κ3) is 8.04. The highest BCUT2D eigenvalue weighted by Gasteiger charge is 2.48. The van der Waals surface area contributed by atoms with E-state index in [2.05, 4.69) is 43.4 Å². The molecule has 1 amide bonds. The number of ether oxygens (including phenoxy) is 2. The number of hydrogen-bond acceptors (Lipinski definition) is 6. The van der Waals surface area contributed by atoms with Gasteiger partial charge in [0.25, 0.3) is 0 Å². The molecule has 1 aliphatic carbocycles. The van der Waals surface area contributed by atoms with Crippen molar-refractivity contribution in [3.05, 3.63) is 59.7 Å². The molecule has 8 heteroatoms. The fourth-order valence-corrected chi connectivity index (χ4v) is 7.13. The summed E-state index contributed by atoms with van der Waals surface area (Å²) in [5.74, 6) is -0.0733. The average Bonchev–Trinajstić information content (AvgIpc) is 3.25. The summed E-state index contributed by atoms with van der Waals surface area (Å²) in [4.78, 5) is 14.2. The fourth-order valence-electron chi connectivity index (χ4n) is 5.38. The summed E-state index contributed by atoms with van der Waals surface area (Å²) < 4.78 is 36.5. The van der Waals surface area contributed by atoms with Crippen LogP contribution in [0.2, 0.25) is 0 Å². The minimum Gasteiger partial charge on any atom is -0.351 e. The van der Waals surface area contributed by atoms with Crippen molar-refractivity contribution in [3.8, 4) is 11.1 Å². The van der Waals surface area contributed by atoms with Gasteiger partial charge in [-0.2, -0.15) is 0 Å². The van der Waals surface area contributed by atoms with Crippen LogP contribution in [0.3, 0.4) is 0 Å². The molecule has 1 aliphatic rings. The summed E-state index contributed by atoms with van der Waals surface area (Å²) in [6, 6.07) is 16.3. The van der Waals surface area contributed by atoms with E-state index in [1.54, 1.807) is 0 Å². The largest absolute Gasteiger partial charge is 0.351 e. The van der Waals surface area contributed by atoms with Gasteiger partial charge < -0.3 is 23.8 Å². The minimum atomic E-state index is -3.19. The summed E-state index contributed by atoms with van der Waals surface area (Å²) in [6.07, 6.45) is 5.38. The molecule has 3 rings (SSSR count). The number of hydrogen-bond donors (Lipinski definition) is 1. The van der Waals surface area contributed by atoms with Crippen molar-refractivity contribution in [2.24, 2.45) is 0 Å². The third-order valence-electron chi connectivity index (χ3n) is 7.39. The fraction of sp³-hybridized carbons (Fsp3) is 0.594. The Morgan fingerprint density at radius 1 is 0.800 bits per heavy atom. The summed E-state index contributed by atoms with van der Waals surface area (Å²) in [5.41, 5.74) is 3.29. The summed E-state index contributed by atoms with van der Waals surface area (Å²) in [6.45, 7) is 10.1. The lowest BCUT2D eigenvalue weighted by molar-refractivity contribution is -0.142. The van der Waals surface area contributed by atoms with E-state index in [0.29, 0.717) is 51.9 Å². The molecule has 0 heterocycles. The van der Waals surface area contributed by atoms with Crippen LogP contribution in [0.4, 0.5) is 0 Å². The van der Waals surface area contributed by atoms with Gasteiger partial charge in [0.05, 0.1) is 25.9 Å². The van der Waals surface area contributed by atoms with Gasteiger partial charge in [-0.15, -0.1) is 0 Å². The Balaban J connectivity index is 1.83. The van der Waals surface area contributed by atoms with E-state index in [4.69, 9.17) is 18.5 Å². The Labute approximate surface area is 240 Å². The predicted molar refractivity (Wildman–Crippen MR) is 161 cm³/mol. The molecule has 1 N–H and O–H groups in total. The Kier molecular flexibility index (Phi) is 13.3. The van der Waals surface area contributed by atoms with Gasteiger partial charge >= 0.3 is 7.60 Å². The topological polar surface area (TPSA) is 83.1 Å². The van der Waals surface area contributed by atoms with Gasteiger partial charge in [-0.3, -0.25) is 9.36 Å². The molecule has 0 atom stereocenters. The van der Waals surface area contributed by atoms with Gasteiger partial charge in [0.2, 0.25) is 5.91 Å². The third-order valence-corrected chi connectivity index (χ3v) is 9.41. The van der Waals surface area contributed by atoms with E-state index in [9.17, 15) is 9.36 Å². The van der Waals surface area contributed by atoms with Crippen LogP contribution in [0.15, 0.2) is 48.5 Å². The number of carbonyl (C=O) groups excluding carboxylic acids is 1. The molecular weight excluding hydrogens is 525 g/mol. The molecule has 0 saturated carbocycles. The Morgan fingerprint density at radius 2 is 1.32 bits per heavy atom. The molecule has 0 saturated heterocycles. The van der Waals surface area contributed by atoms with E-state index in [1.165, 1.54) is 0 Å². The maximum absolute atomic E-state index is 14.2. The van der Waals surface area contributed by atoms with Crippen molar-refractivity contribution in [3.63, 3.8) is 0 Å². The Bertz CT molecular complexity index is 1040. The molecule has 0 aromatic heterocycles. The maximum atomic E-state index is 14.2. The number of carbonyl (C=O) groups is 1. The molecule has 0 spiro atoms. The second-order valence-electron chi connectivity index (χ2n) is 10.2. The number of unbranched alkanes of at least 4 members (excludes halogenated alkanes) is 3. The van der Waals surface area contributed by atoms with E-state index in [0.717, 1.165) is 47.9 Å². The smallest absolute Gasteiger partial charge is 0.330 e. The SMILES string of the molecule is CCCCOP(=O)(CCCCC1(C(=O)NCC(OCC)OCC)c2ccccc2-c2ccccc21)OCCCC. The number of amides is 1. The molecule has 222 valence electrons. The summed E-state index contributed by atoms with van der Waals surface area (Å²) in [5, 5.41) is 3.15. The lowest BCUT2D eigenvalue weighted by atomic mass is 9.73. The van der Waals surface area contributed by atoms with Crippen molar-refractivity contribution < 1.29 is 27.9 Å². The average molecular weight is 574 g/mol. The van der Waals surface area contributed by atoms with Gasteiger partial charge in [0.1, 0.15) is 5.41 Å². The first-order chi connectivity index (χ1) is 19.5. The number of fused-ring (bicyclic) bond motifs is 3. The van der Waals surface area contributed by atoms with Crippen LogP contribution in [0.5, 0.6) is 0 Å². The van der Waals surface area contributed by atoms with Crippen LogP contribution in [0.1, 0.15) is 83.8 Å². The molecule has 2 aromatic carbocycles. The van der Waals surface area contributed by atoms with Crippen molar-refractivity contribution >= 4 is 13.5 Å². The van der Waals surface area contributed by atoms with Crippen molar-refractivity contribution in [2.75, 3.05) is 39.1 Å². The Morgan fingerprint density at radius 3 is 1.82 bits per heavy atom. The first-order valence-electron chi connectivity index (χ1n) is 15.0. The van der Waals surface area contributed by atoms with Gasteiger partial charge in [0, 0.05) is 13.2 Å². The van der Waals surface area contributed by atoms with E-state index >= 15 is 0 Å². The van der Waals surface area contributed by atoms with E-state index in [1.807, 2.05) is 38.1 Å². The van der Waals surface area contributed by atoms with Crippen LogP contribution in [-0.4, -0.2) is 51.3 Å². The van der Waals surface area contributed by atoms with Crippen LogP contribution >= 0.6 is 7.60 Å². The molecule has 0 unspecified atom stereocenters. The second-order valence-corrected chi connectivity index (χ2v) is 12.4. The van der Waals surface area contributed by atoms with Crippen molar-refractivity contribution in [1.82, 2.24) is 5.32 Å². The zero-order valence-corrected chi connectivity index (χ0v) is 25.7. The lowest BCUT2D eigenvalue weighted by Crippen LogP contribution is -2.47. The van der Waals surface area contributed by atoms with E-state index < -0.39 is 19.3 Å². The monoisotopic (exact) mass is 573 g/mol. The van der Waals surface area contributed by atoms with Crippen LogP contribution in [0, 0.1) is 0 Å². The highest BCUT2D eigenvalue weighted by Crippen LogP contribution is 2.53. The molecular formula is C32H48NO6P. The first kappa shape index (κ1) is 32.5. The van der Waals surface area contributed by atoms with Crippen molar-refractivity contribution in [1.29, 1.82) is 0 Å². The maximum Gasteiger partial charge on any atom is 0.330 e.